The van der Waals surface area contributed by atoms with Gasteiger partial charge in [-0.05, 0) is 30.4 Å². The molecule has 1 aromatic carbocycles. The fourth-order valence-corrected chi connectivity index (χ4v) is 2.87. The normalized spacial score (nSPS) is 22.0. The topological polar surface area (TPSA) is 66.4 Å². The Morgan fingerprint density at radius 1 is 1.19 bits per heavy atom. The molecule has 0 saturated heterocycles. The van der Waals surface area contributed by atoms with Crippen LogP contribution in [0.4, 0.5) is 5.69 Å². The zero-order valence-electron chi connectivity index (χ0n) is 12.8. The van der Waals surface area contributed by atoms with Crippen molar-refractivity contribution < 1.29 is 14.7 Å². The second-order valence-electron chi connectivity index (χ2n) is 6.77. The molecule has 2 atom stereocenters. The zero-order chi connectivity index (χ0) is 15.6. The number of para-hydroxylation sites is 1. The molecule has 114 valence electrons. The number of aliphatic carboxylic acids is 1. The Hall–Kier alpha value is -1.84. The van der Waals surface area contributed by atoms with Gasteiger partial charge in [-0.2, -0.15) is 0 Å². The molecule has 4 heteroatoms. The molecule has 0 spiro atoms. The first-order valence-electron chi connectivity index (χ1n) is 7.44. The highest BCUT2D eigenvalue weighted by atomic mass is 16.4. The van der Waals surface area contributed by atoms with Crippen LogP contribution >= 0.6 is 0 Å². The number of rotatable bonds is 3. The number of anilines is 1. The lowest BCUT2D eigenvalue weighted by Gasteiger charge is -2.23. The lowest BCUT2D eigenvalue weighted by molar-refractivity contribution is -0.142. The highest BCUT2D eigenvalue weighted by molar-refractivity contribution is 5.95. The molecule has 1 aliphatic carbocycles. The summed E-state index contributed by atoms with van der Waals surface area (Å²) in [6, 6.07) is 7.56. The van der Waals surface area contributed by atoms with E-state index < -0.39 is 11.4 Å². The minimum Gasteiger partial charge on any atom is -0.481 e. The second kappa shape index (κ2) is 5.88. The molecule has 1 aromatic rings. The van der Waals surface area contributed by atoms with Crippen LogP contribution in [0.15, 0.2) is 24.3 Å². The van der Waals surface area contributed by atoms with Gasteiger partial charge in [0.05, 0.1) is 5.92 Å². The van der Waals surface area contributed by atoms with Crippen LogP contribution in [0.3, 0.4) is 0 Å². The van der Waals surface area contributed by atoms with Crippen LogP contribution < -0.4 is 5.32 Å². The fourth-order valence-electron chi connectivity index (χ4n) is 2.87. The van der Waals surface area contributed by atoms with Gasteiger partial charge < -0.3 is 10.4 Å². The van der Waals surface area contributed by atoms with Gasteiger partial charge in [0.1, 0.15) is 0 Å². The number of carboxylic acids is 1. The summed E-state index contributed by atoms with van der Waals surface area (Å²) >= 11 is 0. The largest absolute Gasteiger partial charge is 0.481 e. The van der Waals surface area contributed by atoms with Crippen molar-refractivity contribution in [3.8, 4) is 0 Å². The summed E-state index contributed by atoms with van der Waals surface area (Å²) in [5.41, 5.74) is 1.21. The maximum absolute atomic E-state index is 12.2. The smallest absolute Gasteiger partial charge is 0.307 e. The maximum Gasteiger partial charge on any atom is 0.307 e. The van der Waals surface area contributed by atoms with Gasteiger partial charge in [0.15, 0.2) is 0 Å². The molecule has 1 aliphatic rings. The monoisotopic (exact) mass is 289 g/mol. The molecule has 0 radical (unpaired) electrons. The predicted molar refractivity (Wildman–Crippen MR) is 82.2 cm³/mol. The van der Waals surface area contributed by atoms with E-state index in [1.807, 2.05) is 45.0 Å². The quantitative estimate of drug-likeness (QED) is 0.892. The Bertz CT molecular complexity index is 545. The molecule has 2 unspecified atom stereocenters. The van der Waals surface area contributed by atoms with Gasteiger partial charge in [-0.25, -0.2) is 0 Å². The van der Waals surface area contributed by atoms with Crippen molar-refractivity contribution in [1.29, 1.82) is 0 Å². The zero-order valence-corrected chi connectivity index (χ0v) is 12.8. The number of benzene rings is 1. The molecule has 1 saturated carbocycles. The van der Waals surface area contributed by atoms with E-state index in [0.29, 0.717) is 6.42 Å². The van der Waals surface area contributed by atoms with Crippen LogP contribution in [0.5, 0.6) is 0 Å². The average Bonchev–Trinajstić information content (AvgIpc) is 2.87. The number of hydrogen-bond donors (Lipinski definition) is 2. The molecule has 21 heavy (non-hydrogen) atoms. The van der Waals surface area contributed by atoms with Gasteiger partial charge in [-0.3, -0.25) is 9.59 Å². The maximum atomic E-state index is 12.2. The van der Waals surface area contributed by atoms with Crippen LogP contribution in [0, 0.1) is 11.3 Å². The van der Waals surface area contributed by atoms with Gasteiger partial charge in [0.25, 0.3) is 0 Å². The molecular formula is C17H23NO3. The molecule has 0 bridgehead atoms. The lowest BCUT2D eigenvalue weighted by atomic mass is 9.87. The first-order chi connectivity index (χ1) is 9.80. The van der Waals surface area contributed by atoms with E-state index in [1.165, 1.54) is 0 Å². The van der Waals surface area contributed by atoms with Crippen LogP contribution in [0.25, 0.3) is 0 Å². The minimum absolute atomic E-state index is 0.0148. The molecule has 4 nitrogen and oxygen atoms in total. The number of nitrogens with one attached hydrogen (secondary N) is 1. The van der Waals surface area contributed by atoms with E-state index >= 15 is 0 Å². The van der Waals surface area contributed by atoms with Crippen molar-refractivity contribution >= 4 is 17.6 Å². The lowest BCUT2D eigenvalue weighted by Crippen LogP contribution is -2.28. The summed E-state index contributed by atoms with van der Waals surface area (Å²) in [5.74, 6) is -1.16. The summed E-state index contributed by atoms with van der Waals surface area (Å²) in [6.45, 7) is 5.59. The molecule has 2 N–H and O–H groups in total. The molecule has 2 rings (SSSR count). The molecule has 1 fully saturated rings. The second-order valence-corrected chi connectivity index (χ2v) is 6.77. The predicted octanol–water partition coefficient (Wildman–Crippen LogP) is 3.64. The van der Waals surface area contributed by atoms with Gasteiger partial charge in [-0.1, -0.05) is 45.4 Å². The minimum atomic E-state index is -0.741. The standard InChI is InChI=1S/C17H23NO3/c1-17(2,3)16(21)18-14-10-5-4-7-12(14)11-8-6-9-13(11)15(19)20/h4-5,7,10-11,13H,6,8-9H2,1-3H3,(H,18,21)(H,19,20). The van der Waals surface area contributed by atoms with Crippen molar-refractivity contribution in [1.82, 2.24) is 0 Å². The van der Waals surface area contributed by atoms with Gasteiger partial charge >= 0.3 is 5.97 Å². The molecule has 0 heterocycles. The third-order valence-corrected chi connectivity index (χ3v) is 4.12. The Balaban J connectivity index is 2.29. The van der Waals surface area contributed by atoms with Gasteiger partial charge in [-0.15, -0.1) is 0 Å². The van der Waals surface area contributed by atoms with E-state index in [-0.39, 0.29) is 17.7 Å². The van der Waals surface area contributed by atoms with Crippen molar-refractivity contribution in [3.63, 3.8) is 0 Å². The third kappa shape index (κ3) is 3.43. The van der Waals surface area contributed by atoms with E-state index in [2.05, 4.69) is 5.32 Å². The van der Waals surface area contributed by atoms with E-state index in [4.69, 9.17) is 0 Å². The van der Waals surface area contributed by atoms with E-state index in [0.717, 1.165) is 24.1 Å². The molecule has 1 amide bonds. The molecule has 0 aromatic heterocycles. The SMILES string of the molecule is CC(C)(C)C(=O)Nc1ccccc1C1CCCC1C(=O)O. The summed E-state index contributed by atoms with van der Waals surface area (Å²) in [7, 11) is 0. The van der Waals surface area contributed by atoms with Crippen molar-refractivity contribution in [3.05, 3.63) is 29.8 Å². The number of hydrogen-bond acceptors (Lipinski definition) is 2. The van der Waals surface area contributed by atoms with E-state index in [9.17, 15) is 14.7 Å². The molecular weight excluding hydrogens is 266 g/mol. The number of amides is 1. The highest BCUT2D eigenvalue weighted by Crippen LogP contribution is 2.42. The van der Waals surface area contributed by atoms with Crippen molar-refractivity contribution in [2.75, 3.05) is 5.32 Å². The number of carbonyl (C=O) groups is 2. The summed E-state index contributed by atoms with van der Waals surface area (Å²) in [6.07, 6.45) is 2.49. The first-order valence-corrected chi connectivity index (χ1v) is 7.44. The van der Waals surface area contributed by atoms with Crippen LogP contribution in [-0.2, 0) is 9.59 Å². The van der Waals surface area contributed by atoms with Gasteiger partial charge in [0, 0.05) is 11.1 Å². The Morgan fingerprint density at radius 2 is 1.86 bits per heavy atom. The van der Waals surface area contributed by atoms with Crippen LogP contribution in [0.1, 0.15) is 51.5 Å². The van der Waals surface area contributed by atoms with Crippen LogP contribution in [-0.4, -0.2) is 17.0 Å². The summed E-state index contributed by atoms with van der Waals surface area (Å²) in [5, 5.41) is 12.3. The Kier molecular flexibility index (Phi) is 4.35. The number of carboxylic acid groups (broad SMARTS) is 1. The number of carbonyl (C=O) groups excluding carboxylic acids is 1. The first kappa shape index (κ1) is 15.5. The van der Waals surface area contributed by atoms with Crippen molar-refractivity contribution in [2.24, 2.45) is 11.3 Å². The fraction of sp³-hybridized carbons (Fsp3) is 0.529. The third-order valence-electron chi connectivity index (χ3n) is 4.12. The summed E-state index contributed by atoms with van der Waals surface area (Å²) < 4.78 is 0. The van der Waals surface area contributed by atoms with Crippen LogP contribution in [0.2, 0.25) is 0 Å². The Morgan fingerprint density at radius 3 is 2.48 bits per heavy atom. The van der Waals surface area contributed by atoms with Crippen molar-refractivity contribution in [2.45, 2.75) is 46.0 Å². The summed E-state index contributed by atoms with van der Waals surface area (Å²) in [4.78, 5) is 23.6. The Labute approximate surface area is 125 Å². The molecule has 0 aliphatic heterocycles. The van der Waals surface area contributed by atoms with E-state index in [1.54, 1.807) is 0 Å². The highest BCUT2D eigenvalue weighted by Gasteiger charge is 2.35. The van der Waals surface area contributed by atoms with Gasteiger partial charge in [0.2, 0.25) is 5.91 Å². The average molecular weight is 289 g/mol.